The largest absolute Gasteiger partial charge is 0.503 e. The van der Waals surface area contributed by atoms with Crippen molar-refractivity contribution >= 4 is 17.4 Å². The van der Waals surface area contributed by atoms with E-state index in [1.807, 2.05) is 62.4 Å². The van der Waals surface area contributed by atoms with Crippen molar-refractivity contribution in [1.29, 1.82) is 0 Å². The molecule has 1 N–H and O–H groups in total. The molecule has 2 aromatic rings. The highest BCUT2D eigenvalue weighted by molar-refractivity contribution is 6.16. The van der Waals surface area contributed by atoms with Crippen LogP contribution in [0.1, 0.15) is 29.7 Å². The van der Waals surface area contributed by atoms with Gasteiger partial charge in [0.2, 0.25) is 0 Å². The number of carbonyl (C=O) groups is 2. The molecule has 122 valence electrons. The number of aliphatic hydroxyl groups excluding tert-OH is 1. The van der Waals surface area contributed by atoms with Gasteiger partial charge in [-0.2, -0.15) is 0 Å². The molecule has 0 aliphatic carbocycles. The number of amides is 1. The zero-order valence-electron chi connectivity index (χ0n) is 13.9. The Bertz CT molecular complexity index is 849. The first-order valence-electron chi connectivity index (χ1n) is 7.81. The fraction of sp³-hybridized carbons (Fsp3) is 0.200. The van der Waals surface area contributed by atoms with E-state index in [4.69, 9.17) is 0 Å². The predicted molar refractivity (Wildman–Crippen MR) is 92.9 cm³/mol. The van der Waals surface area contributed by atoms with Gasteiger partial charge in [-0.25, -0.2) is 0 Å². The van der Waals surface area contributed by atoms with E-state index in [9.17, 15) is 14.7 Å². The van der Waals surface area contributed by atoms with Crippen LogP contribution in [0.3, 0.4) is 0 Å². The number of hydrogen-bond acceptors (Lipinski definition) is 3. The monoisotopic (exact) mass is 321 g/mol. The molecule has 0 saturated heterocycles. The number of ketones is 1. The van der Waals surface area contributed by atoms with Gasteiger partial charge in [0.15, 0.2) is 11.5 Å². The smallest absolute Gasteiger partial charge is 0.294 e. The van der Waals surface area contributed by atoms with E-state index in [1.165, 1.54) is 11.8 Å². The molecule has 0 spiro atoms. The molecule has 1 aliphatic heterocycles. The minimum atomic E-state index is -0.612. The highest BCUT2D eigenvalue weighted by Crippen LogP contribution is 2.41. The lowest BCUT2D eigenvalue weighted by Gasteiger charge is -2.28. The first-order chi connectivity index (χ1) is 11.4. The number of anilines is 1. The molecule has 2 aromatic carbocycles. The van der Waals surface area contributed by atoms with E-state index in [-0.39, 0.29) is 11.4 Å². The summed E-state index contributed by atoms with van der Waals surface area (Å²) in [6.07, 6.45) is 0. The van der Waals surface area contributed by atoms with Crippen molar-refractivity contribution < 1.29 is 14.7 Å². The van der Waals surface area contributed by atoms with Crippen LogP contribution in [0.2, 0.25) is 0 Å². The molecule has 0 saturated carbocycles. The maximum absolute atomic E-state index is 12.7. The Kier molecular flexibility index (Phi) is 3.97. The average molecular weight is 321 g/mol. The van der Waals surface area contributed by atoms with Gasteiger partial charge in [0.05, 0.1) is 11.6 Å². The maximum Gasteiger partial charge on any atom is 0.294 e. The lowest BCUT2D eigenvalue weighted by molar-refractivity contribution is -0.117. The van der Waals surface area contributed by atoms with Gasteiger partial charge in [0.25, 0.3) is 5.91 Å². The van der Waals surface area contributed by atoms with Crippen LogP contribution < -0.4 is 4.90 Å². The summed E-state index contributed by atoms with van der Waals surface area (Å²) in [5.41, 5.74) is 3.67. The molecule has 1 amide bonds. The van der Waals surface area contributed by atoms with Crippen molar-refractivity contribution in [3.8, 4) is 0 Å². The van der Waals surface area contributed by atoms with E-state index < -0.39 is 17.7 Å². The Labute approximate surface area is 141 Å². The molecule has 0 radical (unpaired) electrons. The van der Waals surface area contributed by atoms with Gasteiger partial charge in [0.1, 0.15) is 0 Å². The molecule has 1 unspecified atom stereocenters. The molecule has 0 fully saturated rings. The van der Waals surface area contributed by atoms with Crippen molar-refractivity contribution in [3.63, 3.8) is 0 Å². The predicted octanol–water partition coefficient (Wildman–Crippen LogP) is 3.79. The SMILES string of the molecule is CC(=O)C1=C(O)C(=O)N(c2ccc(C)cc2)C1c1ccccc1C. The second-order valence-electron chi connectivity index (χ2n) is 6.09. The third kappa shape index (κ3) is 2.50. The van der Waals surface area contributed by atoms with Gasteiger partial charge in [-0.05, 0) is 44.0 Å². The van der Waals surface area contributed by atoms with Crippen LogP contribution in [0.4, 0.5) is 5.69 Å². The van der Waals surface area contributed by atoms with Gasteiger partial charge in [-0.1, -0.05) is 42.0 Å². The summed E-state index contributed by atoms with van der Waals surface area (Å²) in [6.45, 7) is 5.27. The molecule has 4 nitrogen and oxygen atoms in total. The number of nitrogens with zero attached hydrogens (tertiary/aromatic N) is 1. The molecule has 24 heavy (non-hydrogen) atoms. The summed E-state index contributed by atoms with van der Waals surface area (Å²) in [4.78, 5) is 26.3. The molecular formula is C20H19NO3. The second-order valence-corrected chi connectivity index (χ2v) is 6.09. The quantitative estimate of drug-likeness (QED) is 0.935. The van der Waals surface area contributed by atoms with E-state index in [0.717, 1.165) is 16.7 Å². The van der Waals surface area contributed by atoms with Crippen LogP contribution in [-0.4, -0.2) is 16.8 Å². The Morgan fingerprint density at radius 3 is 2.25 bits per heavy atom. The number of benzene rings is 2. The minimum absolute atomic E-state index is 0.148. The lowest BCUT2D eigenvalue weighted by atomic mass is 9.93. The molecule has 0 aromatic heterocycles. The van der Waals surface area contributed by atoms with Crippen LogP contribution in [0.25, 0.3) is 0 Å². The second kappa shape index (κ2) is 5.96. The molecule has 0 bridgehead atoms. The fourth-order valence-corrected chi connectivity index (χ4v) is 3.12. The fourth-order valence-electron chi connectivity index (χ4n) is 3.12. The van der Waals surface area contributed by atoms with Crippen molar-refractivity contribution in [2.75, 3.05) is 4.90 Å². The highest BCUT2D eigenvalue weighted by Gasteiger charge is 2.43. The van der Waals surface area contributed by atoms with Crippen molar-refractivity contribution in [3.05, 3.63) is 76.6 Å². The molecule has 1 aliphatic rings. The van der Waals surface area contributed by atoms with E-state index in [2.05, 4.69) is 0 Å². The summed E-state index contributed by atoms with van der Waals surface area (Å²) in [5, 5.41) is 10.3. The lowest BCUT2D eigenvalue weighted by Crippen LogP contribution is -2.31. The third-order valence-electron chi connectivity index (χ3n) is 4.38. The van der Waals surface area contributed by atoms with Crippen LogP contribution in [-0.2, 0) is 9.59 Å². The average Bonchev–Trinajstić information content (AvgIpc) is 2.81. The van der Waals surface area contributed by atoms with Gasteiger partial charge in [-0.3, -0.25) is 14.5 Å². The molecule has 1 heterocycles. The van der Waals surface area contributed by atoms with Crippen LogP contribution in [0, 0.1) is 13.8 Å². The van der Waals surface area contributed by atoms with Crippen LogP contribution >= 0.6 is 0 Å². The number of aliphatic hydroxyl groups is 1. The Balaban J connectivity index is 2.21. The number of aryl methyl sites for hydroxylation is 2. The zero-order valence-corrected chi connectivity index (χ0v) is 13.9. The molecular weight excluding hydrogens is 302 g/mol. The van der Waals surface area contributed by atoms with Crippen molar-refractivity contribution in [2.24, 2.45) is 0 Å². The van der Waals surface area contributed by atoms with E-state index in [0.29, 0.717) is 5.69 Å². The number of Topliss-reactive ketones (excluding diaryl/α,β-unsaturated/α-hetero) is 1. The van der Waals surface area contributed by atoms with Gasteiger partial charge in [-0.15, -0.1) is 0 Å². The van der Waals surface area contributed by atoms with Crippen molar-refractivity contribution in [2.45, 2.75) is 26.8 Å². The Hall–Kier alpha value is -2.88. The topological polar surface area (TPSA) is 57.6 Å². The van der Waals surface area contributed by atoms with Gasteiger partial charge >= 0.3 is 0 Å². The van der Waals surface area contributed by atoms with Gasteiger partial charge < -0.3 is 5.11 Å². The zero-order chi connectivity index (χ0) is 17.4. The highest BCUT2D eigenvalue weighted by atomic mass is 16.3. The molecule has 1 atom stereocenters. The Morgan fingerprint density at radius 2 is 1.67 bits per heavy atom. The first kappa shape index (κ1) is 16.0. The first-order valence-corrected chi connectivity index (χ1v) is 7.81. The standard InChI is InChI=1S/C20H19NO3/c1-12-8-10-15(11-9-12)21-18(16-7-5-4-6-13(16)2)17(14(3)22)19(23)20(21)24/h4-11,18,23H,1-3H3. The maximum atomic E-state index is 12.7. The molecule has 4 heteroatoms. The summed E-state index contributed by atoms with van der Waals surface area (Å²) in [5.74, 6) is -1.31. The Morgan fingerprint density at radius 1 is 1.04 bits per heavy atom. The third-order valence-corrected chi connectivity index (χ3v) is 4.38. The van der Waals surface area contributed by atoms with E-state index in [1.54, 1.807) is 0 Å². The minimum Gasteiger partial charge on any atom is -0.503 e. The summed E-state index contributed by atoms with van der Waals surface area (Å²) in [7, 11) is 0. The van der Waals surface area contributed by atoms with Crippen molar-refractivity contribution in [1.82, 2.24) is 0 Å². The number of rotatable bonds is 3. The number of hydrogen-bond donors (Lipinski definition) is 1. The van der Waals surface area contributed by atoms with Gasteiger partial charge in [0, 0.05) is 5.69 Å². The molecule has 3 rings (SSSR count). The summed E-state index contributed by atoms with van der Waals surface area (Å²) < 4.78 is 0. The van der Waals surface area contributed by atoms with Crippen LogP contribution in [0.15, 0.2) is 59.9 Å². The van der Waals surface area contributed by atoms with Crippen LogP contribution in [0.5, 0.6) is 0 Å². The summed E-state index contributed by atoms with van der Waals surface area (Å²) >= 11 is 0. The van der Waals surface area contributed by atoms with E-state index >= 15 is 0 Å². The number of carbonyl (C=O) groups excluding carboxylic acids is 2. The summed E-state index contributed by atoms with van der Waals surface area (Å²) in [6, 6.07) is 14.4. The normalized spacial score (nSPS) is 17.5.